The predicted octanol–water partition coefficient (Wildman–Crippen LogP) is 4.19. The summed E-state index contributed by atoms with van der Waals surface area (Å²) in [5.74, 6) is -0.205. The first-order chi connectivity index (χ1) is 9.09. The number of carbonyl (C=O) groups excluding carboxylic acids is 1. The molecule has 0 aromatic heterocycles. The standard InChI is InChI=1S/C14H20Br2O3/c15-13(16)8-6-4-2-1-3-5-7-11(17)12-9-10-14(18)19-12/h5,7-8,11-12,17H,1-4,6,9-10H2/b7-5+/t11-,12-/m1/s1. The molecule has 1 aliphatic rings. The van der Waals surface area contributed by atoms with Crippen molar-refractivity contribution in [3.63, 3.8) is 0 Å². The van der Waals surface area contributed by atoms with Crippen LogP contribution in [0.1, 0.15) is 44.9 Å². The molecule has 2 atom stereocenters. The summed E-state index contributed by atoms with van der Waals surface area (Å²) in [6, 6.07) is 0. The van der Waals surface area contributed by atoms with Crippen molar-refractivity contribution in [3.05, 3.63) is 21.6 Å². The Morgan fingerprint density at radius 3 is 2.74 bits per heavy atom. The molecule has 0 aromatic carbocycles. The SMILES string of the molecule is O=C1CC[C@H]([C@H](O)/C=C/CCCCCC=C(Br)Br)O1. The maximum Gasteiger partial charge on any atom is 0.306 e. The van der Waals surface area contributed by atoms with E-state index < -0.39 is 6.10 Å². The highest BCUT2D eigenvalue weighted by atomic mass is 79.9. The Kier molecular flexibility index (Phi) is 8.66. The first-order valence-corrected chi connectivity index (χ1v) is 8.23. The number of allylic oxidation sites excluding steroid dienone is 2. The number of carbonyl (C=O) groups is 1. The lowest BCUT2D eigenvalue weighted by atomic mass is 10.1. The quantitative estimate of drug-likeness (QED) is 0.380. The van der Waals surface area contributed by atoms with Gasteiger partial charge in [-0.25, -0.2) is 0 Å². The third-order valence-corrected chi connectivity index (χ3v) is 3.65. The molecule has 0 aromatic rings. The van der Waals surface area contributed by atoms with Gasteiger partial charge in [-0.2, -0.15) is 0 Å². The molecule has 3 nitrogen and oxygen atoms in total. The normalized spacial score (nSPS) is 20.6. The lowest BCUT2D eigenvalue weighted by Gasteiger charge is -2.12. The van der Waals surface area contributed by atoms with Gasteiger partial charge in [0.05, 0.1) is 3.39 Å². The number of aliphatic hydroxyl groups excluding tert-OH is 1. The zero-order valence-electron chi connectivity index (χ0n) is 10.9. The maximum atomic E-state index is 10.9. The van der Waals surface area contributed by atoms with E-state index in [1.54, 1.807) is 6.08 Å². The van der Waals surface area contributed by atoms with Crippen LogP contribution in [0.3, 0.4) is 0 Å². The van der Waals surface area contributed by atoms with E-state index in [1.165, 1.54) is 6.42 Å². The Hall–Kier alpha value is -0.130. The average molecular weight is 396 g/mol. The van der Waals surface area contributed by atoms with E-state index >= 15 is 0 Å². The van der Waals surface area contributed by atoms with Crippen LogP contribution in [-0.4, -0.2) is 23.3 Å². The largest absolute Gasteiger partial charge is 0.459 e. The van der Waals surface area contributed by atoms with Crippen LogP contribution in [0.2, 0.25) is 0 Å². The van der Waals surface area contributed by atoms with Crippen molar-refractivity contribution in [1.82, 2.24) is 0 Å². The Morgan fingerprint density at radius 1 is 1.37 bits per heavy atom. The van der Waals surface area contributed by atoms with Gasteiger partial charge >= 0.3 is 5.97 Å². The highest BCUT2D eigenvalue weighted by molar-refractivity contribution is 9.28. The number of halogens is 2. The van der Waals surface area contributed by atoms with Gasteiger partial charge in [0.2, 0.25) is 0 Å². The van der Waals surface area contributed by atoms with Crippen LogP contribution in [-0.2, 0) is 9.53 Å². The second-order valence-corrected chi connectivity index (χ2v) is 7.39. The molecule has 0 unspecified atom stereocenters. The summed E-state index contributed by atoms with van der Waals surface area (Å²) < 4.78 is 6.01. The number of cyclic esters (lactones) is 1. The molecule has 0 saturated carbocycles. The summed E-state index contributed by atoms with van der Waals surface area (Å²) in [6.45, 7) is 0. The van der Waals surface area contributed by atoms with Gasteiger partial charge in [-0.05, 0) is 64.0 Å². The van der Waals surface area contributed by atoms with Crippen molar-refractivity contribution in [3.8, 4) is 0 Å². The van der Waals surface area contributed by atoms with Crippen molar-refractivity contribution < 1.29 is 14.6 Å². The summed E-state index contributed by atoms with van der Waals surface area (Å²) in [6.07, 6.45) is 11.3. The summed E-state index contributed by atoms with van der Waals surface area (Å²) in [5.41, 5.74) is 0. The zero-order chi connectivity index (χ0) is 14.1. The fourth-order valence-corrected chi connectivity index (χ4v) is 2.40. The maximum absolute atomic E-state index is 10.9. The third kappa shape index (κ3) is 7.90. The molecule has 1 rings (SSSR count). The molecule has 0 bridgehead atoms. The van der Waals surface area contributed by atoms with E-state index in [0.29, 0.717) is 12.8 Å². The monoisotopic (exact) mass is 394 g/mol. The van der Waals surface area contributed by atoms with E-state index in [-0.39, 0.29) is 12.1 Å². The van der Waals surface area contributed by atoms with E-state index in [2.05, 4.69) is 37.9 Å². The van der Waals surface area contributed by atoms with Crippen LogP contribution < -0.4 is 0 Å². The molecule has 0 radical (unpaired) electrons. The lowest BCUT2D eigenvalue weighted by Crippen LogP contribution is -2.23. The van der Waals surface area contributed by atoms with Crippen LogP contribution in [0.25, 0.3) is 0 Å². The Morgan fingerprint density at radius 2 is 2.11 bits per heavy atom. The number of esters is 1. The molecule has 0 amide bonds. The van der Waals surface area contributed by atoms with Crippen molar-refractivity contribution in [2.24, 2.45) is 0 Å². The molecule has 1 saturated heterocycles. The number of hydrogen-bond donors (Lipinski definition) is 1. The number of ether oxygens (including phenoxy) is 1. The number of unbranched alkanes of at least 4 members (excludes halogenated alkanes) is 4. The van der Waals surface area contributed by atoms with Crippen LogP contribution in [0.15, 0.2) is 21.6 Å². The lowest BCUT2D eigenvalue weighted by molar-refractivity contribution is -0.144. The van der Waals surface area contributed by atoms with Crippen molar-refractivity contribution in [2.75, 3.05) is 0 Å². The fourth-order valence-electron chi connectivity index (χ4n) is 1.94. The first-order valence-electron chi connectivity index (χ1n) is 6.65. The molecule has 1 N–H and O–H groups in total. The van der Waals surface area contributed by atoms with Gasteiger partial charge < -0.3 is 9.84 Å². The minimum absolute atomic E-state index is 0.205. The topological polar surface area (TPSA) is 46.5 Å². The van der Waals surface area contributed by atoms with Crippen LogP contribution in [0.4, 0.5) is 0 Å². The number of rotatable bonds is 8. The molecule has 5 heteroatoms. The highest BCUT2D eigenvalue weighted by Crippen LogP contribution is 2.18. The predicted molar refractivity (Wildman–Crippen MR) is 83.3 cm³/mol. The van der Waals surface area contributed by atoms with E-state index in [0.717, 1.165) is 29.1 Å². The molecule has 108 valence electrons. The Bertz CT molecular complexity index is 336. The van der Waals surface area contributed by atoms with E-state index in [9.17, 15) is 9.90 Å². The molecule has 0 aliphatic carbocycles. The Balaban J connectivity index is 2.03. The van der Waals surface area contributed by atoms with Gasteiger partial charge in [0.15, 0.2) is 0 Å². The highest BCUT2D eigenvalue weighted by Gasteiger charge is 2.28. The summed E-state index contributed by atoms with van der Waals surface area (Å²) in [7, 11) is 0. The van der Waals surface area contributed by atoms with Gasteiger partial charge in [-0.1, -0.05) is 24.6 Å². The first kappa shape index (κ1) is 16.9. The summed E-state index contributed by atoms with van der Waals surface area (Å²) in [4.78, 5) is 10.9. The second kappa shape index (κ2) is 9.72. The smallest absolute Gasteiger partial charge is 0.306 e. The summed E-state index contributed by atoms with van der Waals surface area (Å²) >= 11 is 6.65. The van der Waals surface area contributed by atoms with Crippen molar-refractivity contribution in [2.45, 2.75) is 57.2 Å². The van der Waals surface area contributed by atoms with Gasteiger partial charge in [-0.3, -0.25) is 4.79 Å². The van der Waals surface area contributed by atoms with Crippen LogP contribution in [0.5, 0.6) is 0 Å². The average Bonchev–Trinajstić information content (AvgIpc) is 2.78. The molecular weight excluding hydrogens is 376 g/mol. The summed E-state index contributed by atoms with van der Waals surface area (Å²) in [5, 5.41) is 9.79. The van der Waals surface area contributed by atoms with Gasteiger partial charge in [0, 0.05) is 6.42 Å². The number of hydrogen-bond acceptors (Lipinski definition) is 3. The van der Waals surface area contributed by atoms with E-state index in [1.807, 2.05) is 6.08 Å². The minimum Gasteiger partial charge on any atom is -0.459 e. The number of aliphatic hydroxyl groups is 1. The zero-order valence-corrected chi connectivity index (χ0v) is 14.0. The van der Waals surface area contributed by atoms with Gasteiger partial charge in [0.25, 0.3) is 0 Å². The molecule has 19 heavy (non-hydrogen) atoms. The van der Waals surface area contributed by atoms with Crippen molar-refractivity contribution in [1.29, 1.82) is 0 Å². The van der Waals surface area contributed by atoms with Crippen LogP contribution in [0, 0.1) is 0 Å². The Labute approximate surface area is 131 Å². The molecule has 1 fully saturated rings. The van der Waals surface area contributed by atoms with Gasteiger partial charge in [-0.15, -0.1) is 0 Å². The minimum atomic E-state index is -0.654. The second-order valence-electron chi connectivity index (χ2n) is 4.62. The molecule has 0 spiro atoms. The molecule has 1 heterocycles. The van der Waals surface area contributed by atoms with Crippen LogP contribution >= 0.6 is 31.9 Å². The molecular formula is C14H20Br2O3. The van der Waals surface area contributed by atoms with Crippen molar-refractivity contribution >= 4 is 37.8 Å². The van der Waals surface area contributed by atoms with Gasteiger partial charge in [0.1, 0.15) is 12.2 Å². The molecule has 1 aliphatic heterocycles. The third-order valence-electron chi connectivity index (χ3n) is 3.00. The fraction of sp³-hybridized carbons (Fsp3) is 0.643. The van der Waals surface area contributed by atoms with E-state index in [4.69, 9.17) is 4.74 Å².